The molecule has 1 atom stereocenters. The molecule has 1 aromatic rings. The van der Waals surface area contributed by atoms with Gasteiger partial charge in [-0.3, -0.25) is 0 Å². The topological polar surface area (TPSA) is 60.2 Å². The van der Waals surface area contributed by atoms with E-state index >= 15 is 0 Å². The van der Waals surface area contributed by atoms with E-state index in [1.807, 2.05) is 26.8 Å². The number of hydrogen-bond donors (Lipinski definition) is 1. The largest absolute Gasteiger partial charge is 0.327 e. The lowest BCUT2D eigenvalue weighted by Crippen LogP contribution is -2.29. The molecule has 2 N–H and O–H groups in total. The maximum atomic E-state index is 12.1. The summed E-state index contributed by atoms with van der Waals surface area (Å²) >= 11 is 0. The Labute approximate surface area is 104 Å². The van der Waals surface area contributed by atoms with Gasteiger partial charge in [0.15, 0.2) is 9.84 Å². The Kier molecular flexibility index (Phi) is 4.71. The van der Waals surface area contributed by atoms with E-state index in [-0.39, 0.29) is 11.8 Å². The minimum Gasteiger partial charge on any atom is -0.327 e. The normalized spacial score (nSPS) is 13.6. The summed E-state index contributed by atoms with van der Waals surface area (Å²) < 4.78 is 24.2. The third-order valence-corrected chi connectivity index (χ3v) is 4.77. The molecule has 1 rings (SSSR count). The van der Waals surface area contributed by atoms with E-state index < -0.39 is 9.84 Å². The molecule has 96 valence electrons. The zero-order valence-corrected chi connectivity index (χ0v) is 11.5. The fraction of sp³-hybridized carbons (Fsp3) is 0.538. The van der Waals surface area contributed by atoms with Crippen molar-refractivity contribution < 1.29 is 8.42 Å². The van der Waals surface area contributed by atoms with E-state index in [1.165, 1.54) is 0 Å². The molecule has 0 fully saturated rings. The van der Waals surface area contributed by atoms with Gasteiger partial charge < -0.3 is 5.73 Å². The third-order valence-electron chi connectivity index (χ3n) is 2.93. The molecule has 0 aliphatic heterocycles. The van der Waals surface area contributed by atoms with Crippen LogP contribution < -0.4 is 5.73 Å². The van der Waals surface area contributed by atoms with Crippen molar-refractivity contribution in [2.24, 2.45) is 5.73 Å². The highest BCUT2D eigenvalue weighted by molar-refractivity contribution is 7.91. The SMILES string of the molecule is CCCC(N)CS(=O)(=O)c1ccc(C)c(C)c1. The molecule has 0 amide bonds. The Hall–Kier alpha value is -0.870. The summed E-state index contributed by atoms with van der Waals surface area (Å²) in [6, 6.07) is 4.96. The second-order valence-corrected chi connectivity index (χ2v) is 6.61. The third kappa shape index (κ3) is 3.82. The molecule has 0 aromatic heterocycles. The van der Waals surface area contributed by atoms with Gasteiger partial charge in [-0.1, -0.05) is 19.4 Å². The molecule has 0 spiro atoms. The van der Waals surface area contributed by atoms with Gasteiger partial charge in [0.2, 0.25) is 0 Å². The first-order valence-electron chi connectivity index (χ1n) is 5.92. The predicted octanol–water partition coefficient (Wildman–Crippen LogP) is 2.20. The molecule has 4 heteroatoms. The minimum absolute atomic E-state index is 0.0311. The van der Waals surface area contributed by atoms with Gasteiger partial charge >= 0.3 is 0 Å². The van der Waals surface area contributed by atoms with Crippen LogP contribution in [0.1, 0.15) is 30.9 Å². The highest BCUT2D eigenvalue weighted by atomic mass is 32.2. The summed E-state index contributed by atoms with van der Waals surface area (Å²) in [4.78, 5) is 0.382. The minimum atomic E-state index is -3.25. The lowest BCUT2D eigenvalue weighted by Gasteiger charge is -2.12. The number of benzene rings is 1. The first kappa shape index (κ1) is 14.2. The monoisotopic (exact) mass is 255 g/mol. The smallest absolute Gasteiger partial charge is 0.179 e. The highest BCUT2D eigenvalue weighted by Crippen LogP contribution is 2.17. The number of hydrogen-bond acceptors (Lipinski definition) is 3. The van der Waals surface area contributed by atoms with Crippen LogP contribution in [0.5, 0.6) is 0 Å². The van der Waals surface area contributed by atoms with Crippen LogP contribution in [0.2, 0.25) is 0 Å². The molecule has 0 radical (unpaired) electrons. The number of nitrogens with two attached hydrogens (primary N) is 1. The molecule has 1 aromatic carbocycles. The van der Waals surface area contributed by atoms with Gasteiger partial charge in [-0.2, -0.15) is 0 Å². The van der Waals surface area contributed by atoms with E-state index in [0.29, 0.717) is 4.90 Å². The zero-order chi connectivity index (χ0) is 13.1. The van der Waals surface area contributed by atoms with Crippen LogP contribution in [-0.2, 0) is 9.84 Å². The van der Waals surface area contributed by atoms with Gasteiger partial charge in [-0.25, -0.2) is 8.42 Å². The Morgan fingerprint density at radius 1 is 1.24 bits per heavy atom. The summed E-state index contributed by atoms with van der Waals surface area (Å²) in [7, 11) is -3.25. The van der Waals surface area contributed by atoms with E-state index in [9.17, 15) is 8.42 Å². The van der Waals surface area contributed by atoms with Crippen LogP contribution >= 0.6 is 0 Å². The van der Waals surface area contributed by atoms with E-state index in [2.05, 4.69) is 0 Å². The summed E-state index contributed by atoms with van der Waals surface area (Å²) in [5, 5.41) is 0. The van der Waals surface area contributed by atoms with Crippen molar-refractivity contribution in [2.75, 3.05) is 5.75 Å². The van der Waals surface area contributed by atoms with Crippen LogP contribution in [0.15, 0.2) is 23.1 Å². The van der Waals surface area contributed by atoms with E-state index in [4.69, 9.17) is 5.73 Å². The lowest BCUT2D eigenvalue weighted by molar-refractivity contribution is 0.577. The van der Waals surface area contributed by atoms with E-state index in [1.54, 1.807) is 12.1 Å². The maximum absolute atomic E-state index is 12.1. The molecule has 17 heavy (non-hydrogen) atoms. The van der Waals surface area contributed by atoms with Crippen LogP contribution in [0, 0.1) is 13.8 Å². The average molecular weight is 255 g/mol. The fourth-order valence-electron chi connectivity index (χ4n) is 1.74. The fourth-order valence-corrected chi connectivity index (χ4v) is 3.29. The van der Waals surface area contributed by atoms with Crippen molar-refractivity contribution in [2.45, 2.75) is 44.6 Å². The van der Waals surface area contributed by atoms with E-state index in [0.717, 1.165) is 24.0 Å². The second-order valence-electron chi connectivity index (χ2n) is 4.58. The number of sulfone groups is 1. The lowest BCUT2D eigenvalue weighted by atomic mass is 10.1. The Balaban J connectivity index is 2.93. The van der Waals surface area contributed by atoms with Crippen molar-refractivity contribution in [3.05, 3.63) is 29.3 Å². The van der Waals surface area contributed by atoms with Crippen molar-refractivity contribution >= 4 is 9.84 Å². The molecular weight excluding hydrogens is 234 g/mol. The van der Waals surface area contributed by atoms with Gasteiger partial charge in [0, 0.05) is 6.04 Å². The zero-order valence-electron chi connectivity index (χ0n) is 10.7. The molecule has 0 bridgehead atoms. The summed E-state index contributed by atoms with van der Waals surface area (Å²) in [6.45, 7) is 5.89. The van der Waals surface area contributed by atoms with Gasteiger partial charge in [0.05, 0.1) is 10.6 Å². The second kappa shape index (κ2) is 5.65. The molecule has 0 heterocycles. The molecule has 0 aliphatic rings. The summed E-state index contributed by atoms with van der Waals surface area (Å²) in [5.74, 6) is 0.0311. The van der Waals surface area contributed by atoms with Crippen molar-refractivity contribution in [1.29, 1.82) is 0 Å². The Morgan fingerprint density at radius 2 is 1.88 bits per heavy atom. The molecule has 0 saturated carbocycles. The highest BCUT2D eigenvalue weighted by Gasteiger charge is 2.18. The van der Waals surface area contributed by atoms with Gasteiger partial charge in [-0.05, 0) is 43.5 Å². The van der Waals surface area contributed by atoms with Crippen molar-refractivity contribution in [1.82, 2.24) is 0 Å². The van der Waals surface area contributed by atoms with Gasteiger partial charge in [0.1, 0.15) is 0 Å². The van der Waals surface area contributed by atoms with Crippen LogP contribution in [0.4, 0.5) is 0 Å². The average Bonchev–Trinajstić information content (AvgIpc) is 2.21. The van der Waals surface area contributed by atoms with Crippen LogP contribution in [-0.4, -0.2) is 20.2 Å². The maximum Gasteiger partial charge on any atom is 0.179 e. The first-order chi connectivity index (χ1) is 7.86. The Bertz CT molecular complexity index is 480. The first-order valence-corrected chi connectivity index (χ1v) is 7.57. The molecule has 0 saturated heterocycles. The van der Waals surface area contributed by atoms with Crippen molar-refractivity contribution in [3.8, 4) is 0 Å². The van der Waals surface area contributed by atoms with Crippen molar-refractivity contribution in [3.63, 3.8) is 0 Å². The molecule has 1 unspecified atom stereocenters. The summed E-state index contributed by atoms with van der Waals surface area (Å²) in [6.07, 6.45) is 1.65. The molecule has 0 aliphatic carbocycles. The van der Waals surface area contributed by atoms with Crippen LogP contribution in [0.25, 0.3) is 0 Å². The quantitative estimate of drug-likeness (QED) is 0.877. The standard InChI is InChI=1S/C13H21NO2S/c1-4-5-12(14)9-17(15,16)13-7-6-10(2)11(3)8-13/h6-8,12H,4-5,9,14H2,1-3H3. The Morgan fingerprint density at radius 3 is 2.41 bits per heavy atom. The van der Waals surface area contributed by atoms with Gasteiger partial charge in [0.25, 0.3) is 0 Å². The summed E-state index contributed by atoms with van der Waals surface area (Å²) in [5.41, 5.74) is 7.89. The number of rotatable bonds is 5. The molecular formula is C13H21NO2S. The predicted molar refractivity (Wildman–Crippen MR) is 70.9 cm³/mol. The van der Waals surface area contributed by atoms with Crippen LogP contribution in [0.3, 0.4) is 0 Å². The number of aryl methyl sites for hydroxylation is 2. The van der Waals surface area contributed by atoms with Gasteiger partial charge in [-0.15, -0.1) is 0 Å². The molecule has 3 nitrogen and oxygen atoms in total.